The molecule has 0 spiro atoms. The van der Waals surface area contributed by atoms with Gasteiger partial charge in [-0.2, -0.15) is 15.0 Å². The Labute approximate surface area is 156 Å². The van der Waals surface area contributed by atoms with E-state index in [2.05, 4.69) is 20.7 Å². The lowest BCUT2D eigenvalue weighted by Gasteiger charge is -2.21. The molecule has 0 fully saturated rings. The number of carbonyl (C=O) groups excluding carboxylic acids is 1. The fraction of sp³-hybridized carbons (Fsp3) is 0.333. The number of aryl methyl sites for hydroxylation is 1. The van der Waals surface area contributed by atoms with Crippen LogP contribution >= 0.6 is 11.6 Å². The molecule has 2 heterocycles. The van der Waals surface area contributed by atoms with Gasteiger partial charge in [0.25, 0.3) is 5.91 Å². The molecule has 8 heteroatoms. The number of aromatic nitrogens is 4. The molecule has 0 saturated heterocycles. The number of benzene rings is 1. The SMILES string of the molecule is Cc1onc(-c2ccccc2Cl)c1C(=O)NC(Cn1nccn1)C(C)C. The molecule has 7 nitrogen and oxygen atoms in total. The summed E-state index contributed by atoms with van der Waals surface area (Å²) in [5.74, 6) is 0.371. The van der Waals surface area contributed by atoms with Crippen molar-refractivity contribution in [2.45, 2.75) is 33.4 Å². The zero-order chi connectivity index (χ0) is 18.7. The molecule has 0 aliphatic rings. The number of carbonyl (C=O) groups is 1. The highest BCUT2D eigenvalue weighted by Gasteiger charge is 2.26. The number of hydrogen-bond donors (Lipinski definition) is 1. The Balaban J connectivity index is 1.88. The van der Waals surface area contributed by atoms with E-state index in [1.807, 2.05) is 32.0 Å². The quantitative estimate of drug-likeness (QED) is 0.716. The van der Waals surface area contributed by atoms with Gasteiger partial charge in [0.15, 0.2) is 0 Å². The molecule has 1 atom stereocenters. The molecular formula is C18H20ClN5O2. The Kier molecular flexibility index (Phi) is 5.37. The fourth-order valence-corrected chi connectivity index (χ4v) is 2.88. The third-order valence-electron chi connectivity index (χ3n) is 4.17. The first-order valence-corrected chi connectivity index (χ1v) is 8.71. The van der Waals surface area contributed by atoms with Crippen LogP contribution < -0.4 is 5.32 Å². The predicted molar refractivity (Wildman–Crippen MR) is 97.8 cm³/mol. The molecule has 1 aromatic carbocycles. The van der Waals surface area contributed by atoms with E-state index in [4.69, 9.17) is 16.1 Å². The summed E-state index contributed by atoms with van der Waals surface area (Å²) in [4.78, 5) is 14.5. The maximum Gasteiger partial charge on any atom is 0.257 e. The average molecular weight is 374 g/mol. The van der Waals surface area contributed by atoms with E-state index in [0.717, 1.165) is 0 Å². The van der Waals surface area contributed by atoms with Gasteiger partial charge in [-0.05, 0) is 18.9 Å². The summed E-state index contributed by atoms with van der Waals surface area (Å²) in [6, 6.07) is 7.08. The molecule has 3 aromatic rings. The van der Waals surface area contributed by atoms with Crippen LogP contribution in [0.2, 0.25) is 5.02 Å². The van der Waals surface area contributed by atoms with Gasteiger partial charge in [0.2, 0.25) is 0 Å². The molecule has 1 amide bonds. The van der Waals surface area contributed by atoms with Gasteiger partial charge in [0.05, 0.1) is 30.0 Å². The number of halogens is 1. The number of amides is 1. The Morgan fingerprint density at radius 2 is 1.96 bits per heavy atom. The van der Waals surface area contributed by atoms with Crippen molar-refractivity contribution in [1.82, 2.24) is 25.5 Å². The Hall–Kier alpha value is -2.67. The monoisotopic (exact) mass is 373 g/mol. The van der Waals surface area contributed by atoms with Crippen molar-refractivity contribution in [3.8, 4) is 11.3 Å². The lowest BCUT2D eigenvalue weighted by Crippen LogP contribution is -2.42. The number of hydrogen-bond acceptors (Lipinski definition) is 5. The summed E-state index contributed by atoms with van der Waals surface area (Å²) in [7, 11) is 0. The van der Waals surface area contributed by atoms with Crippen molar-refractivity contribution in [3.05, 3.63) is 53.0 Å². The Morgan fingerprint density at radius 1 is 1.27 bits per heavy atom. The van der Waals surface area contributed by atoms with Crippen LogP contribution in [0, 0.1) is 12.8 Å². The Bertz CT molecular complexity index is 889. The molecular weight excluding hydrogens is 354 g/mol. The molecule has 3 rings (SSSR count). The van der Waals surface area contributed by atoms with Crippen LogP contribution in [0.4, 0.5) is 0 Å². The predicted octanol–water partition coefficient (Wildman–Crippen LogP) is 3.35. The molecule has 0 aliphatic carbocycles. The van der Waals surface area contributed by atoms with Crippen LogP contribution in [0.15, 0.2) is 41.2 Å². The van der Waals surface area contributed by atoms with Crippen molar-refractivity contribution >= 4 is 17.5 Å². The molecule has 1 unspecified atom stereocenters. The lowest BCUT2D eigenvalue weighted by atomic mass is 10.0. The van der Waals surface area contributed by atoms with Crippen molar-refractivity contribution in [1.29, 1.82) is 0 Å². The van der Waals surface area contributed by atoms with Crippen molar-refractivity contribution in [2.75, 3.05) is 0 Å². The fourth-order valence-electron chi connectivity index (χ4n) is 2.65. The van der Waals surface area contributed by atoms with Gasteiger partial charge in [-0.3, -0.25) is 4.79 Å². The minimum absolute atomic E-state index is 0.150. The number of nitrogens with zero attached hydrogens (tertiary/aromatic N) is 4. The van der Waals surface area contributed by atoms with Crippen LogP contribution in [0.5, 0.6) is 0 Å². The van der Waals surface area contributed by atoms with Gasteiger partial charge in [-0.1, -0.05) is 48.8 Å². The van der Waals surface area contributed by atoms with E-state index < -0.39 is 0 Å². The first kappa shape index (κ1) is 18.1. The van der Waals surface area contributed by atoms with E-state index in [9.17, 15) is 4.79 Å². The topological polar surface area (TPSA) is 85.8 Å². The van der Waals surface area contributed by atoms with Crippen LogP contribution in [-0.4, -0.2) is 32.1 Å². The van der Waals surface area contributed by atoms with E-state index in [1.54, 1.807) is 30.2 Å². The van der Waals surface area contributed by atoms with Crippen LogP contribution in [0.3, 0.4) is 0 Å². The van der Waals surface area contributed by atoms with E-state index in [0.29, 0.717) is 34.1 Å². The van der Waals surface area contributed by atoms with Crippen molar-refractivity contribution in [2.24, 2.45) is 5.92 Å². The number of nitrogens with one attached hydrogen (secondary N) is 1. The molecule has 0 saturated carbocycles. The van der Waals surface area contributed by atoms with E-state index >= 15 is 0 Å². The average Bonchev–Trinajstić information content (AvgIpc) is 3.24. The van der Waals surface area contributed by atoms with Gasteiger partial charge < -0.3 is 9.84 Å². The van der Waals surface area contributed by atoms with E-state index in [1.165, 1.54) is 0 Å². The molecule has 0 radical (unpaired) electrons. The molecule has 136 valence electrons. The highest BCUT2D eigenvalue weighted by atomic mass is 35.5. The maximum atomic E-state index is 13.0. The van der Waals surface area contributed by atoms with E-state index in [-0.39, 0.29) is 17.9 Å². The van der Waals surface area contributed by atoms with Crippen LogP contribution in [-0.2, 0) is 6.54 Å². The second-order valence-electron chi connectivity index (χ2n) is 6.35. The Morgan fingerprint density at radius 3 is 2.62 bits per heavy atom. The summed E-state index contributed by atoms with van der Waals surface area (Å²) in [5, 5.41) is 15.8. The molecule has 0 bridgehead atoms. The van der Waals surface area contributed by atoms with Gasteiger partial charge >= 0.3 is 0 Å². The zero-order valence-electron chi connectivity index (χ0n) is 14.8. The third-order valence-corrected chi connectivity index (χ3v) is 4.50. The lowest BCUT2D eigenvalue weighted by molar-refractivity contribution is 0.0917. The number of rotatable bonds is 6. The zero-order valence-corrected chi connectivity index (χ0v) is 15.6. The first-order valence-electron chi connectivity index (χ1n) is 8.33. The van der Waals surface area contributed by atoms with Crippen LogP contribution in [0.25, 0.3) is 11.3 Å². The summed E-state index contributed by atoms with van der Waals surface area (Å²) in [6.45, 7) is 6.25. The second-order valence-corrected chi connectivity index (χ2v) is 6.76. The third kappa shape index (κ3) is 3.77. The standard InChI is InChI=1S/C18H20ClN5O2/c1-11(2)15(10-24-20-8-9-21-24)22-18(25)16-12(3)26-23-17(16)13-6-4-5-7-14(13)19/h4-9,11,15H,10H2,1-3H3,(H,22,25). The summed E-state index contributed by atoms with van der Waals surface area (Å²) in [5.41, 5.74) is 1.48. The van der Waals surface area contributed by atoms with Gasteiger partial charge in [-0.15, -0.1) is 0 Å². The van der Waals surface area contributed by atoms with Crippen molar-refractivity contribution < 1.29 is 9.32 Å². The van der Waals surface area contributed by atoms with Gasteiger partial charge in [0, 0.05) is 5.56 Å². The van der Waals surface area contributed by atoms with Gasteiger partial charge in [0.1, 0.15) is 17.0 Å². The smallest absolute Gasteiger partial charge is 0.257 e. The minimum atomic E-state index is -0.260. The molecule has 2 aromatic heterocycles. The van der Waals surface area contributed by atoms with Gasteiger partial charge in [-0.25, -0.2) is 0 Å². The largest absolute Gasteiger partial charge is 0.360 e. The molecule has 1 N–H and O–H groups in total. The van der Waals surface area contributed by atoms with Crippen LogP contribution in [0.1, 0.15) is 30.0 Å². The maximum absolute atomic E-state index is 13.0. The highest BCUT2D eigenvalue weighted by Crippen LogP contribution is 2.31. The van der Waals surface area contributed by atoms with Crippen molar-refractivity contribution in [3.63, 3.8) is 0 Å². The molecule has 26 heavy (non-hydrogen) atoms. The first-order chi connectivity index (χ1) is 12.5. The second kappa shape index (κ2) is 7.70. The summed E-state index contributed by atoms with van der Waals surface area (Å²) in [6.07, 6.45) is 3.22. The normalized spacial score (nSPS) is 12.3. The molecule has 0 aliphatic heterocycles. The summed E-state index contributed by atoms with van der Waals surface area (Å²) < 4.78 is 5.27. The highest BCUT2D eigenvalue weighted by molar-refractivity contribution is 6.33. The summed E-state index contributed by atoms with van der Waals surface area (Å²) >= 11 is 6.26. The minimum Gasteiger partial charge on any atom is -0.360 e.